The first-order valence-electron chi connectivity index (χ1n) is 16.0. The van der Waals surface area contributed by atoms with E-state index < -0.39 is 8.56 Å². The highest BCUT2D eigenvalue weighted by Gasteiger charge is 2.35. The maximum atomic E-state index is 6.37. The third kappa shape index (κ3) is 22.6. The van der Waals surface area contributed by atoms with Gasteiger partial charge in [0.1, 0.15) is 0 Å². The van der Waals surface area contributed by atoms with Crippen LogP contribution in [0.15, 0.2) is 0 Å². The minimum Gasteiger partial charge on any atom is -0.394 e. The highest BCUT2D eigenvalue weighted by Crippen LogP contribution is 2.26. The molecule has 0 aliphatic carbocycles. The van der Waals surface area contributed by atoms with Gasteiger partial charge in [0.05, 0.1) is 0 Å². The summed E-state index contributed by atoms with van der Waals surface area (Å²) in [5, 5.41) is 0. The lowest BCUT2D eigenvalue weighted by Crippen LogP contribution is -2.42. The fourth-order valence-corrected chi connectivity index (χ4v) is 8.82. The molecule has 0 saturated carbocycles. The molecule has 0 rings (SSSR count). The fraction of sp³-hybridized carbons (Fsp3) is 1.00. The molecule has 0 aromatic heterocycles. The Morgan fingerprint density at radius 2 is 0.559 bits per heavy atom. The van der Waals surface area contributed by atoms with E-state index >= 15 is 0 Å². The van der Waals surface area contributed by atoms with Gasteiger partial charge < -0.3 is 8.85 Å². The first kappa shape index (κ1) is 34.1. The summed E-state index contributed by atoms with van der Waals surface area (Å²) in [6, 6.07) is 2.42. The van der Waals surface area contributed by atoms with Crippen molar-refractivity contribution in [2.24, 2.45) is 0 Å². The quantitative estimate of drug-likeness (QED) is 0.0753. The van der Waals surface area contributed by atoms with Crippen molar-refractivity contribution in [3.05, 3.63) is 0 Å². The van der Waals surface area contributed by atoms with Gasteiger partial charge in [0, 0.05) is 13.2 Å². The molecule has 0 bridgehead atoms. The van der Waals surface area contributed by atoms with E-state index in [-0.39, 0.29) is 0 Å². The normalized spacial score (nSPS) is 12.0. The smallest absolute Gasteiger partial charge is 0.338 e. The van der Waals surface area contributed by atoms with E-state index in [1.807, 2.05) is 0 Å². The SMILES string of the molecule is CCCCCCCCCCCCCCCCC[Si](CCCCCCCCCC)(OCC)OCC. The van der Waals surface area contributed by atoms with Crippen molar-refractivity contribution in [2.75, 3.05) is 13.2 Å². The molecule has 206 valence electrons. The summed E-state index contributed by atoms with van der Waals surface area (Å²) in [5.41, 5.74) is 0. The highest BCUT2D eigenvalue weighted by molar-refractivity contribution is 6.67. The van der Waals surface area contributed by atoms with Crippen LogP contribution in [-0.4, -0.2) is 21.8 Å². The second-order valence-corrected chi connectivity index (χ2v) is 14.1. The summed E-state index contributed by atoms with van der Waals surface area (Å²) in [5.74, 6) is 0. The number of hydrogen-bond acceptors (Lipinski definition) is 2. The van der Waals surface area contributed by atoms with Gasteiger partial charge in [0.25, 0.3) is 0 Å². The zero-order chi connectivity index (χ0) is 25.0. The van der Waals surface area contributed by atoms with Gasteiger partial charge in [-0.2, -0.15) is 0 Å². The molecule has 0 spiro atoms. The second-order valence-electron chi connectivity index (χ2n) is 10.7. The molecule has 0 saturated heterocycles. The van der Waals surface area contributed by atoms with Crippen LogP contribution in [0.4, 0.5) is 0 Å². The second kappa shape index (κ2) is 27.7. The Morgan fingerprint density at radius 1 is 0.324 bits per heavy atom. The Labute approximate surface area is 218 Å². The molecule has 0 aliphatic heterocycles. The van der Waals surface area contributed by atoms with E-state index in [4.69, 9.17) is 8.85 Å². The Balaban J connectivity index is 3.78. The van der Waals surface area contributed by atoms with Crippen LogP contribution in [0.5, 0.6) is 0 Å². The maximum absolute atomic E-state index is 6.37. The van der Waals surface area contributed by atoms with E-state index in [0.29, 0.717) is 0 Å². The molecule has 0 fully saturated rings. The number of rotatable bonds is 29. The third-order valence-corrected chi connectivity index (χ3v) is 11.2. The summed E-state index contributed by atoms with van der Waals surface area (Å²) in [6.45, 7) is 10.5. The molecule has 0 heterocycles. The van der Waals surface area contributed by atoms with Gasteiger partial charge in [0.15, 0.2) is 0 Å². The predicted molar refractivity (Wildman–Crippen MR) is 156 cm³/mol. The van der Waals surface area contributed by atoms with Gasteiger partial charge in [0.2, 0.25) is 0 Å². The molecule has 0 radical (unpaired) electrons. The lowest BCUT2D eigenvalue weighted by atomic mass is 10.0. The average molecular weight is 499 g/mol. The van der Waals surface area contributed by atoms with Crippen molar-refractivity contribution in [1.82, 2.24) is 0 Å². The molecule has 0 unspecified atom stereocenters. The monoisotopic (exact) mass is 498 g/mol. The van der Waals surface area contributed by atoms with Crippen LogP contribution in [0.1, 0.15) is 175 Å². The van der Waals surface area contributed by atoms with Crippen molar-refractivity contribution < 1.29 is 8.85 Å². The van der Waals surface area contributed by atoms with Crippen molar-refractivity contribution in [3.63, 3.8) is 0 Å². The summed E-state index contributed by atoms with van der Waals surface area (Å²) >= 11 is 0. The molecule has 34 heavy (non-hydrogen) atoms. The highest BCUT2D eigenvalue weighted by atomic mass is 28.4. The molecular formula is C31H66O2Si. The zero-order valence-electron chi connectivity index (χ0n) is 24.4. The average Bonchev–Trinajstić information content (AvgIpc) is 2.83. The molecule has 0 aromatic carbocycles. The Kier molecular flexibility index (Phi) is 27.8. The van der Waals surface area contributed by atoms with Gasteiger partial charge in [-0.15, -0.1) is 0 Å². The topological polar surface area (TPSA) is 18.5 Å². The Hall–Kier alpha value is 0.137. The van der Waals surface area contributed by atoms with Crippen molar-refractivity contribution in [2.45, 2.75) is 187 Å². The summed E-state index contributed by atoms with van der Waals surface area (Å²) in [4.78, 5) is 0. The van der Waals surface area contributed by atoms with Crippen molar-refractivity contribution in [1.29, 1.82) is 0 Å². The molecule has 0 aromatic rings. The predicted octanol–water partition coefficient (Wildman–Crippen LogP) is 11.5. The van der Waals surface area contributed by atoms with Gasteiger partial charge in [-0.1, -0.05) is 162 Å². The van der Waals surface area contributed by atoms with E-state index in [1.54, 1.807) is 0 Å². The van der Waals surface area contributed by atoms with Crippen LogP contribution in [0.25, 0.3) is 0 Å². The molecule has 0 amide bonds. The number of hydrogen-bond donors (Lipinski definition) is 0. The summed E-state index contributed by atoms with van der Waals surface area (Å²) in [7, 11) is -1.98. The third-order valence-electron chi connectivity index (χ3n) is 7.39. The minimum absolute atomic E-state index is 0.821. The van der Waals surface area contributed by atoms with Crippen LogP contribution in [0.3, 0.4) is 0 Å². The first-order valence-corrected chi connectivity index (χ1v) is 18.3. The van der Waals surface area contributed by atoms with E-state index in [2.05, 4.69) is 27.7 Å². The van der Waals surface area contributed by atoms with Crippen LogP contribution >= 0.6 is 0 Å². The summed E-state index contributed by atoms with van der Waals surface area (Å²) in [6.07, 6.45) is 32.5. The number of unbranched alkanes of at least 4 members (excludes halogenated alkanes) is 21. The zero-order valence-corrected chi connectivity index (χ0v) is 25.4. The Morgan fingerprint density at radius 3 is 0.794 bits per heavy atom. The van der Waals surface area contributed by atoms with Crippen LogP contribution < -0.4 is 0 Å². The molecular weight excluding hydrogens is 432 g/mol. The molecule has 3 heteroatoms. The largest absolute Gasteiger partial charge is 0.394 e. The van der Waals surface area contributed by atoms with Crippen molar-refractivity contribution in [3.8, 4) is 0 Å². The standard InChI is InChI=1S/C31H66O2Si/c1-5-9-11-13-15-17-18-19-20-21-22-23-25-27-29-31-34(32-7-3,33-8-4)30-28-26-24-16-14-12-10-6-2/h5-31H2,1-4H3. The van der Waals surface area contributed by atoms with Crippen LogP contribution in [0.2, 0.25) is 12.1 Å². The van der Waals surface area contributed by atoms with Crippen LogP contribution in [0, 0.1) is 0 Å². The van der Waals surface area contributed by atoms with Gasteiger partial charge >= 0.3 is 8.56 Å². The minimum atomic E-state index is -1.98. The van der Waals surface area contributed by atoms with E-state index in [1.165, 1.54) is 160 Å². The molecule has 0 aliphatic rings. The van der Waals surface area contributed by atoms with Gasteiger partial charge in [-0.25, -0.2) is 0 Å². The van der Waals surface area contributed by atoms with Gasteiger partial charge in [-0.3, -0.25) is 0 Å². The molecule has 0 atom stereocenters. The van der Waals surface area contributed by atoms with Gasteiger partial charge in [-0.05, 0) is 25.9 Å². The van der Waals surface area contributed by atoms with E-state index in [9.17, 15) is 0 Å². The Bertz CT molecular complexity index is 368. The first-order chi connectivity index (χ1) is 16.7. The summed E-state index contributed by atoms with van der Waals surface area (Å²) < 4.78 is 12.7. The maximum Gasteiger partial charge on any atom is 0.338 e. The molecule has 2 nitrogen and oxygen atoms in total. The molecule has 0 N–H and O–H groups in total. The lowest BCUT2D eigenvalue weighted by molar-refractivity contribution is 0.180. The lowest BCUT2D eigenvalue weighted by Gasteiger charge is -2.30. The van der Waals surface area contributed by atoms with Crippen LogP contribution in [-0.2, 0) is 8.85 Å². The van der Waals surface area contributed by atoms with Crippen molar-refractivity contribution >= 4 is 8.56 Å². The van der Waals surface area contributed by atoms with E-state index in [0.717, 1.165) is 13.2 Å². The fourth-order valence-electron chi connectivity index (χ4n) is 5.28.